The third kappa shape index (κ3) is 3.22. The quantitative estimate of drug-likeness (QED) is 0.884. The number of anilines is 1. The van der Waals surface area contributed by atoms with Gasteiger partial charge in [0.1, 0.15) is 5.75 Å². The summed E-state index contributed by atoms with van der Waals surface area (Å²) in [6.45, 7) is 0. The van der Waals surface area contributed by atoms with Crippen molar-refractivity contribution in [2.45, 2.75) is 6.04 Å². The van der Waals surface area contributed by atoms with Gasteiger partial charge in [-0.15, -0.1) is 0 Å². The summed E-state index contributed by atoms with van der Waals surface area (Å²) in [7, 11) is 1.51. The second-order valence-electron chi connectivity index (χ2n) is 4.16. The number of hydrogen-bond acceptors (Lipinski definition) is 3. The molecule has 104 valence electrons. The summed E-state index contributed by atoms with van der Waals surface area (Å²) < 4.78 is 5.21. The summed E-state index contributed by atoms with van der Waals surface area (Å²) >= 11 is 5.81. The van der Waals surface area contributed by atoms with Crippen LogP contribution in [0.4, 0.5) is 5.69 Å². The molecule has 2 N–H and O–H groups in total. The summed E-state index contributed by atoms with van der Waals surface area (Å²) in [6.07, 6.45) is 0. The summed E-state index contributed by atoms with van der Waals surface area (Å²) in [5.74, 6) is -0.453. The molecule has 0 saturated heterocycles. The molecule has 1 atom stereocenters. The molecule has 0 aliphatic carbocycles. The van der Waals surface area contributed by atoms with E-state index in [0.29, 0.717) is 22.0 Å². The lowest BCUT2D eigenvalue weighted by molar-refractivity contribution is -0.138. The van der Waals surface area contributed by atoms with Crippen molar-refractivity contribution in [2.24, 2.45) is 0 Å². The van der Waals surface area contributed by atoms with Crippen LogP contribution in [0.3, 0.4) is 0 Å². The van der Waals surface area contributed by atoms with E-state index in [2.05, 4.69) is 5.32 Å². The second kappa shape index (κ2) is 6.30. The summed E-state index contributed by atoms with van der Waals surface area (Å²) in [5, 5.41) is 13.0. The zero-order chi connectivity index (χ0) is 14.5. The second-order valence-corrected chi connectivity index (χ2v) is 4.60. The lowest BCUT2D eigenvalue weighted by Crippen LogP contribution is -2.21. The van der Waals surface area contributed by atoms with Crippen LogP contribution in [0, 0.1) is 0 Å². The number of benzene rings is 2. The fraction of sp³-hybridized carbons (Fsp3) is 0.133. The molecule has 0 radical (unpaired) electrons. The van der Waals surface area contributed by atoms with Gasteiger partial charge in [0, 0.05) is 16.3 Å². The lowest BCUT2D eigenvalue weighted by Gasteiger charge is -2.18. The Labute approximate surface area is 122 Å². The average molecular weight is 292 g/mol. The number of para-hydroxylation sites is 1. The Morgan fingerprint density at radius 1 is 1.20 bits per heavy atom. The molecule has 0 saturated carbocycles. The number of rotatable bonds is 5. The molecule has 2 aromatic carbocycles. The first kappa shape index (κ1) is 14.2. The Balaban J connectivity index is 2.32. The predicted octanol–water partition coefficient (Wildman–Crippen LogP) is 3.59. The van der Waals surface area contributed by atoms with Crippen LogP contribution in [-0.4, -0.2) is 18.2 Å². The molecule has 0 amide bonds. The molecule has 0 fully saturated rings. The van der Waals surface area contributed by atoms with E-state index in [1.54, 1.807) is 48.5 Å². The van der Waals surface area contributed by atoms with Crippen LogP contribution in [0.25, 0.3) is 0 Å². The highest BCUT2D eigenvalue weighted by Gasteiger charge is 2.22. The number of halogens is 1. The minimum absolute atomic E-state index is 0.529. The van der Waals surface area contributed by atoms with E-state index in [9.17, 15) is 9.90 Å². The van der Waals surface area contributed by atoms with Gasteiger partial charge in [-0.25, -0.2) is 4.79 Å². The van der Waals surface area contributed by atoms with E-state index < -0.39 is 12.0 Å². The van der Waals surface area contributed by atoms with Crippen LogP contribution in [0.1, 0.15) is 11.6 Å². The maximum absolute atomic E-state index is 11.5. The van der Waals surface area contributed by atoms with E-state index in [1.165, 1.54) is 7.11 Å². The normalized spacial score (nSPS) is 11.7. The Hall–Kier alpha value is -2.20. The van der Waals surface area contributed by atoms with Gasteiger partial charge in [0.25, 0.3) is 0 Å². The van der Waals surface area contributed by atoms with Crippen LogP contribution in [0.5, 0.6) is 5.75 Å². The van der Waals surface area contributed by atoms with Gasteiger partial charge in [0.15, 0.2) is 6.04 Å². The number of carboxylic acid groups (broad SMARTS) is 1. The van der Waals surface area contributed by atoms with Crippen LogP contribution in [-0.2, 0) is 4.79 Å². The number of nitrogens with one attached hydrogen (secondary N) is 1. The minimum Gasteiger partial charge on any atom is -0.496 e. The van der Waals surface area contributed by atoms with Crippen LogP contribution < -0.4 is 10.1 Å². The Kier molecular flexibility index (Phi) is 4.48. The molecular weight excluding hydrogens is 278 g/mol. The molecule has 0 spiro atoms. The van der Waals surface area contributed by atoms with Crippen molar-refractivity contribution in [1.82, 2.24) is 0 Å². The summed E-state index contributed by atoms with van der Waals surface area (Å²) in [5.41, 5.74) is 1.24. The van der Waals surface area contributed by atoms with Gasteiger partial charge in [-0.05, 0) is 30.3 Å². The van der Waals surface area contributed by atoms with E-state index in [1.807, 2.05) is 0 Å². The number of hydrogen-bond donors (Lipinski definition) is 2. The summed E-state index contributed by atoms with van der Waals surface area (Å²) in [4.78, 5) is 11.5. The van der Waals surface area contributed by atoms with Gasteiger partial charge in [-0.3, -0.25) is 0 Å². The van der Waals surface area contributed by atoms with Crippen molar-refractivity contribution in [1.29, 1.82) is 0 Å². The van der Waals surface area contributed by atoms with Crippen molar-refractivity contribution in [3.8, 4) is 5.75 Å². The molecule has 2 aromatic rings. The zero-order valence-electron chi connectivity index (χ0n) is 10.8. The molecule has 0 heterocycles. The first-order chi connectivity index (χ1) is 9.61. The highest BCUT2D eigenvalue weighted by molar-refractivity contribution is 6.30. The highest BCUT2D eigenvalue weighted by Crippen LogP contribution is 2.28. The van der Waals surface area contributed by atoms with E-state index >= 15 is 0 Å². The van der Waals surface area contributed by atoms with E-state index in [0.717, 1.165) is 0 Å². The number of aliphatic carboxylic acids is 1. The van der Waals surface area contributed by atoms with Crippen molar-refractivity contribution < 1.29 is 14.6 Å². The average Bonchev–Trinajstić information content (AvgIpc) is 2.46. The number of methoxy groups -OCH3 is 1. The van der Waals surface area contributed by atoms with Gasteiger partial charge in [-0.2, -0.15) is 0 Å². The van der Waals surface area contributed by atoms with Crippen LogP contribution in [0.15, 0.2) is 48.5 Å². The van der Waals surface area contributed by atoms with Crippen LogP contribution >= 0.6 is 11.6 Å². The fourth-order valence-electron chi connectivity index (χ4n) is 1.89. The standard InChI is InChI=1S/C15H14ClNO3/c1-20-13-5-3-2-4-12(13)14(15(18)19)17-11-8-6-10(16)7-9-11/h2-9,14,17H,1H3,(H,18,19). The molecule has 2 rings (SSSR count). The predicted molar refractivity (Wildman–Crippen MR) is 78.4 cm³/mol. The van der Waals surface area contributed by atoms with Crippen molar-refractivity contribution in [3.05, 3.63) is 59.1 Å². The summed E-state index contributed by atoms with van der Waals surface area (Å²) in [6, 6.07) is 13.0. The minimum atomic E-state index is -0.982. The van der Waals surface area contributed by atoms with E-state index in [-0.39, 0.29) is 0 Å². The monoisotopic (exact) mass is 291 g/mol. The van der Waals surface area contributed by atoms with E-state index in [4.69, 9.17) is 16.3 Å². The molecule has 0 aliphatic heterocycles. The molecule has 1 unspecified atom stereocenters. The topological polar surface area (TPSA) is 58.6 Å². The number of carbonyl (C=O) groups is 1. The highest BCUT2D eigenvalue weighted by atomic mass is 35.5. The van der Waals surface area contributed by atoms with Crippen molar-refractivity contribution >= 4 is 23.3 Å². The molecule has 0 bridgehead atoms. The Morgan fingerprint density at radius 2 is 1.85 bits per heavy atom. The molecule has 4 nitrogen and oxygen atoms in total. The fourth-order valence-corrected chi connectivity index (χ4v) is 2.02. The maximum atomic E-state index is 11.5. The molecule has 0 aromatic heterocycles. The van der Waals surface area contributed by atoms with Gasteiger partial charge in [-0.1, -0.05) is 29.8 Å². The van der Waals surface area contributed by atoms with Gasteiger partial charge >= 0.3 is 5.97 Å². The Bertz CT molecular complexity index is 598. The Morgan fingerprint density at radius 3 is 2.45 bits per heavy atom. The molecule has 5 heteroatoms. The third-order valence-electron chi connectivity index (χ3n) is 2.85. The van der Waals surface area contributed by atoms with Crippen molar-refractivity contribution in [3.63, 3.8) is 0 Å². The number of carboxylic acids is 1. The first-order valence-electron chi connectivity index (χ1n) is 5.99. The molecule has 0 aliphatic rings. The van der Waals surface area contributed by atoms with Gasteiger partial charge in [0.05, 0.1) is 7.11 Å². The first-order valence-corrected chi connectivity index (χ1v) is 6.37. The number of ether oxygens (including phenoxy) is 1. The lowest BCUT2D eigenvalue weighted by atomic mass is 10.1. The van der Waals surface area contributed by atoms with Crippen molar-refractivity contribution in [2.75, 3.05) is 12.4 Å². The smallest absolute Gasteiger partial charge is 0.330 e. The molecule has 20 heavy (non-hydrogen) atoms. The van der Waals surface area contributed by atoms with Gasteiger partial charge in [0.2, 0.25) is 0 Å². The maximum Gasteiger partial charge on any atom is 0.330 e. The molecular formula is C15H14ClNO3. The van der Waals surface area contributed by atoms with Crippen LogP contribution in [0.2, 0.25) is 5.02 Å². The largest absolute Gasteiger partial charge is 0.496 e. The van der Waals surface area contributed by atoms with Gasteiger partial charge < -0.3 is 15.2 Å². The zero-order valence-corrected chi connectivity index (χ0v) is 11.6. The SMILES string of the molecule is COc1ccccc1C(Nc1ccc(Cl)cc1)C(=O)O. The third-order valence-corrected chi connectivity index (χ3v) is 3.10.